The van der Waals surface area contributed by atoms with Gasteiger partial charge in [0.2, 0.25) is 0 Å². The molecular weight excluding hydrogens is 212 g/mol. The maximum Gasteiger partial charge on any atom is 0.338 e. The Hall–Kier alpha value is -1.10. The lowest BCUT2D eigenvalue weighted by molar-refractivity contribution is 0.0695. The molecule has 1 heterocycles. The second-order valence-corrected chi connectivity index (χ2v) is 2.63. The number of pyridine rings is 1. The van der Waals surface area contributed by atoms with Gasteiger partial charge >= 0.3 is 5.97 Å². The minimum Gasteiger partial charge on any atom is -0.478 e. The molecule has 1 aromatic rings. The molecule has 0 aliphatic rings. The van der Waals surface area contributed by atoms with Crippen LogP contribution in [0.2, 0.25) is 0 Å². The van der Waals surface area contributed by atoms with E-state index in [4.69, 9.17) is 10.8 Å². The van der Waals surface area contributed by atoms with Crippen molar-refractivity contribution in [2.45, 2.75) is 0 Å². The first-order valence-corrected chi connectivity index (χ1v) is 3.56. The number of nitrogens with two attached hydrogens (primary N) is 1. The van der Waals surface area contributed by atoms with E-state index in [-0.39, 0.29) is 10.2 Å². The van der Waals surface area contributed by atoms with Crippen molar-refractivity contribution in [1.82, 2.24) is 4.98 Å². The molecule has 0 amide bonds. The molecule has 3 N–H and O–H groups in total. The van der Waals surface area contributed by atoms with Gasteiger partial charge in [-0.05, 0) is 28.1 Å². The van der Waals surface area contributed by atoms with Crippen molar-refractivity contribution in [2.24, 2.45) is 0 Å². The summed E-state index contributed by atoms with van der Waals surface area (Å²) in [5, 5.41) is 8.55. The molecule has 0 aliphatic carbocycles. The first-order valence-electron chi connectivity index (χ1n) is 2.76. The van der Waals surface area contributed by atoms with Crippen molar-refractivity contribution in [2.75, 3.05) is 5.73 Å². The van der Waals surface area contributed by atoms with Crippen molar-refractivity contribution in [1.29, 1.82) is 0 Å². The smallest absolute Gasteiger partial charge is 0.338 e. The number of hydrogen-bond donors (Lipinski definition) is 2. The van der Waals surface area contributed by atoms with Crippen LogP contribution < -0.4 is 5.73 Å². The minimum absolute atomic E-state index is 0.110. The van der Waals surface area contributed by atoms with Crippen molar-refractivity contribution in [3.8, 4) is 0 Å². The Balaban J connectivity index is 3.20. The average molecular weight is 217 g/mol. The minimum atomic E-state index is -1.02. The number of carbonyl (C=O) groups is 1. The van der Waals surface area contributed by atoms with Crippen LogP contribution in [0.3, 0.4) is 0 Å². The van der Waals surface area contributed by atoms with Crippen LogP contribution in [0.4, 0.5) is 5.82 Å². The van der Waals surface area contributed by atoms with Gasteiger partial charge in [-0.25, -0.2) is 9.78 Å². The maximum atomic E-state index is 10.4. The molecule has 0 saturated heterocycles. The highest BCUT2D eigenvalue weighted by Crippen LogP contribution is 2.14. The molecule has 1 rings (SSSR count). The zero-order chi connectivity index (χ0) is 8.43. The van der Waals surface area contributed by atoms with Gasteiger partial charge in [0, 0.05) is 0 Å². The number of carboxylic acids is 1. The van der Waals surface area contributed by atoms with E-state index < -0.39 is 5.97 Å². The van der Waals surface area contributed by atoms with Crippen LogP contribution in [-0.4, -0.2) is 16.1 Å². The van der Waals surface area contributed by atoms with Gasteiger partial charge in [0.25, 0.3) is 0 Å². The fraction of sp³-hybridized carbons (Fsp3) is 0. The third-order valence-electron chi connectivity index (χ3n) is 1.10. The van der Waals surface area contributed by atoms with Crippen LogP contribution in [0.25, 0.3) is 0 Å². The summed E-state index contributed by atoms with van der Waals surface area (Å²) in [5.74, 6) is -0.730. The molecule has 0 aromatic carbocycles. The Bertz CT molecular complexity index is 301. The number of nitrogen functional groups attached to an aromatic ring is 1. The molecular formula is C6H5BrN2O2. The predicted molar refractivity (Wildman–Crippen MR) is 43.3 cm³/mol. The number of carboxylic acid groups (broad SMARTS) is 1. The van der Waals surface area contributed by atoms with Crippen molar-refractivity contribution < 1.29 is 9.90 Å². The number of anilines is 1. The van der Waals surface area contributed by atoms with Crippen LogP contribution >= 0.6 is 15.9 Å². The summed E-state index contributed by atoms with van der Waals surface area (Å²) in [5.41, 5.74) is 5.40. The molecule has 0 saturated carbocycles. The van der Waals surface area contributed by atoms with Crippen LogP contribution in [0.15, 0.2) is 16.7 Å². The van der Waals surface area contributed by atoms with Crippen molar-refractivity contribution >= 4 is 27.7 Å². The highest BCUT2D eigenvalue weighted by Gasteiger charge is 2.08. The molecule has 0 unspecified atom stereocenters. The lowest BCUT2D eigenvalue weighted by Gasteiger charge is -1.97. The topological polar surface area (TPSA) is 76.2 Å². The first-order chi connectivity index (χ1) is 5.11. The molecule has 0 aliphatic heterocycles. The van der Waals surface area contributed by atoms with E-state index in [0.717, 1.165) is 0 Å². The summed E-state index contributed by atoms with van der Waals surface area (Å²) < 4.78 is 0.255. The lowest BCUT2D eigenvalue weighted by atomic mass is 10.3. The van der Waals surface area contributed by atoms with Crippen LogP contribution in [-0.2, 0) is 0 Å². The zero-order valence-corrected chi connectivity index (χ0v) is 7.00. The Kier molecular flexibility index (Phi) is 2.09. The van der Waals surface area contributed by atoms with E-state index in [1.807, 2.05) is 0 Å². The Morgan fingerprint density at radius 3 is 2.73 bits per heavy atom. The summed E-state index contributed by atoms with van der Waals surface area (Å²) in [6, 6.07) is 2.84. The fourth-order valence-corrected chi connectivity index (χ4v) is 1.11. The maximum absolute atomic E-state index is 10.4. The SMILES string of the molecule is Nc1ccc(C(=O)O)c(Br)n1. The standard InChI is InChI=1S/C6H5BrN2O2/c7-5-3(6(10)11)1-2-4(8)9-5/h1-2H,(H2,8,9)(H,10,11). The molecule has 0 bridgehead atoms. The monoisotopic (exact) mass is 216 g/mol. The molecule has 58 valence electrons. The van der Waals surface area contributed by atoms with Crippen LogP contribution in [0.1, 0.15) is 10.4 Å². The largest absolute Gasteiger partial charge is 0.478 e. The van der Waals surface area contributed by atoms with Crippen molar-refractivity contribution in [3.63, 3.8) is 0 Å². The van der Waals surface area contributed by atoms with Gasteiger partial charge in [0.1, 0.15) is 10.4 Å². The highest BCUT2D eigenvalue weighted by molar-refractivity contribution is 9.10. The number of nitrogens with zero attached hydrogens (tertiary/aromatic N) is 1. The van der Waals surface area contributed by atoms with E-state index >= 15 is 0 Å². The number of hydrogen-bond acceptors (Lipinski definition) is 3. The molecule has 5 heteroatoms. The van der Waals surface area contributed by atoms with Gasteiger partial charge in [-0.2, -0.15) is 0 Å². The molecule has 4 nitrogen and oxygen atoms in total. The second-order valence-electron chi connectivity index (χ2n) is 1.88. The number of rotatable bonds is 1. The van der Waals surface area contributed by atoms with Gasteiger partial charge in [-0.3, -0.25) is 0 Å². The fourth-order valence-electron chi connectivity index (χ4n) is 0.608. The van der Waals surface area contributed by atoms with Gasteiger partial charge in [-0.1, -0.05) is 0 Å². The Labute approximate surface area is 71.2 Å². The van der Waals surface area contributed by atoms with Crippen LogP contribution in [0, 0.1) is 0 Å². The zero-order valence-electron chi connectivity index (χ0n) is 5.41. The van der Waals surface area contributed by atoms with E-state index in [0.29, 0.717) is 5.82 Å². The number of aromatic nitrogens is 1. The van der Waals surface area contributed by atoms with Gasteiger partial charge in [-0.15, -0.1) is 0 Å². The summed E-state index contributed by atoms with van der Waals surface area (Å²) in [6.45, 7) is 0. The summed E-state index contributed by atoms with van der Waals surface area (Å²) in [7, 11) is 0. The highest BCUT2D eigenvalue weighted by atomic mass is 79.9. The quantitative estimate of drug-likeness (QED) is 0.691. The van der Waals surface area contributed by atoms with E-state index in [2.05, 4.69) is 20.9 Å². The summed E-state index contributed by atoms with van der Waals surface area (Å²) in [4.78, 5) is 14.1. The molecule has 0 radical (unpaired) electrons. The van der Waals surface area contributed by atoms with E-state index in [1.165, 1.54) is 12.1 Å². The summed E-state index contributed by atoms with van der Waals surface area (Å²) in [6.07, 6.45) is 0. The molecule has 0 spiro atoms. The molecule has 1 aromatic heterocycles. The second kappa shape index (κ2) is 2.87. The van der Waals surface area contributed by atoms with E-state index in [1.54, 1.807) is 0 Å². The normalized spacial score (nSPS) is 9.55. The lowest BCUT2D eigenvalue weighted by Crippen LogP contribution is -2.00. The Morgan fingerprint density at radius 2 is 2.27 bits per heavy atom. The predicted octanol–water partition coefficient (Wildman–Crippen LogP) is 1.12. The Morgan fingerprint density at radius 1 is 1.64 bits per heavy atom. The number of aromatic carboxylic acids is 1. The first kappa shape index (κ1) is 8.00. The van der Waals surface area contributed by atoms with Crippen LogP contribution in [0.5, 0.6) is 0 Å². The third-order valence-corrected chi connectivity index (χ3v) is 1.71. The van der Waals surface area contributed by atoms with Gasteiger partial charge < -0.3 is 10.8 Å². The van der Waals surface area contributed by atoms with Gasteiger partial charge in [0.15, 0.2) is 0 Å². The average Bonchev–Trinajstić information content (AvgIpc) is 1.85. The summed E-state index contributed by atoms with van der Waals surface area (Å²) >= 11 is 2.98. The van der Waals surface area contributed by atoms with E-state index in [9.17, 15) is 4.79 Å². The molecule has 11 heavy (non-hydrogen) atoms. The number of halogens is 1. The molecule has 0 fully saturated rings. The molecule has 0 atom stereocenters. The third kappa shape index (κ3) is 1.68. The van der Waals surface area contributed by atoms with Crippen molar-refractivity contribution in [3.05, 3.63) is 22.3 Å². The van der Waals surface area contributed by atoms with Gasteiger partial charge in [0.05, 0.1) is 5.56 Å².